The molecular weight excluding hydrogens is 306 g/mol. The van der Waals surface area contributed by atoms with Gasteiger partial charge in [0.25, 0.3) is 0 Å². The minimum absolute atomic E-state index is 0.744. The molecule has 0 aromatic carbocycles. The molecule has 0 bridgehead atoms. The van der Waals surface area contributed by atoms with Crippen molar-refractivity contribution in [3.63, 3.8) is 0 Å². The van der Waals surface area contributed by atoms with E-state index in [9.17, 15) is 0 Å². The molecule has 2 unspecified atom stereocenters. The first-order valence-electron chi connectivity index (χ1n) is 7.27. The molecule has 2 rings (SSSR count). The normalized spacial score (nSPS) is 25.0. The average molecular weight is 330 g/mol. The minimum Gasteiger partial charge on any atom is -0.314 e. The Morgan fingerprint density at radius 2 is 2.11 bits per heavy atom. The lowest BCUT2D eigenvalue weighted by molar-refractivity contribution is 0.334. The van der Waals surface area contributed by atoms with E-state index in [1.54, 1.807) is 0 Å². The largest absolute Gasteiger partial charge is 0.314 e. The fourth-order valence-electron chi connectivity index (χ4n) is 2.95. The van der Waals surface area contributed by atoms with Crippen LogP contribution < -0.4 is 5.32 Å². The monoisotopic (exact) mass is 329 g/mol. The summed E-state index contributed by atoms with van der Waals surface area (Å²) < 4.78 is 1.27. The van der Waals surface area contributed by atoms with E-state index in [2.05, 4.69) is 40.3 Å². The van der Waals surface area contributed by atoms with Crippen LogP contribution in [0.4, 0.5) is 0 Å². The number of hydrogen-bond acceptors (Lipinski definition) is 2. The van der Waals surface area contributed by atoms with Gasteiger partial charge in [0.1, 0.15) is 0 Å². The third-order valence-corrected chi connectivity index (χ3v) is 5.55. The fraction of sp³-hybridized carbons (Fsp3) is 0.733. The highest BCUT2D eigenvalue weighted by Crippen LogP contribution is 2.30. The zero-order chi connectivity index (χ0) is 12.8. The van der Waals surface area contributed by atoms with Crippen molar-refractivity contribution in [1.29, 1.82) is 0 Å². The van der Waals surface area contributed by atoms with E-state index < -0.39 is 0 Å². The van der Waals surface area contributed by atoms with Crippen LogP contribution in [0.1, 0.15) is 50.3 Å². The Morgan fingerprint density at radius 3 is 2.83 bits per heavy atom. The number of nitrogens with one attached hydrogen (secondary N) is 1. The molecule has 1 aliphatic carbocycles. The van der Waals surface area contributed by atoms with Crippen molar-refractivity contribution < 1.29 is 0 Å². The van der Waals surface area contributed by atoms with E-state index in [0.717, 1.165) is 12.0 Å². The summed E-state index contributed by atoms with van der Waals surface area (Å²) in [6, 6.07) is 5.22. The van der Waals surface area contributed by atoms with Gasteiger partial charge in [0.15, 0.2) is 0 Å². The molecule has 3 heteroatoms. The van der Waals surface area contributed by atoms with Crippen LogP contribution in [0, 0.1) is 5.92 Å². The fourth-order valence-corrected chi connectivity index (χ4v) is 4.52. The van der Waals surface area contributed by atoms with Crippen LogP contribution in [0.15, 0.2) is 15.9 Å². The summed E-state index contributed by atoms with van der Waals surface area (Å²) in [4.78, 5) is 1.54. The van der Waals surface area contributed by atoms with E-state index in [0.29, 0.717) is 0 Å². The van der Waals surface area contributed by atoms with Gasteiger partial charge >= 0.3 is 0 Å². The van der Waals surface area contributed by atoms with Crippen molar-refractivity contribution in [1.82, 2.24) is 5.32 Å². The molecular formula is C15H24BrNS. The second-order valence-corrected chi connectivity index (χ2v) is 7.92. The molecule has 1 aliphatic rings. The van der Waals surface area contributed by atoms with Crippen LogP contribution in [0.3, 0.4) is 0 Å². The van der Waals surface area contributed by atoms with Crippen molar-refractivity contribution >= 4 is 27.3 Å². The van der Waals surface area contributed by atoms with Gasteiger partial charge in [-0.05, 0) is 66.2 Å². The third-order valence-electron chi connectivity index (χ3n) is 3.91. The number of hydrogen-bond donors (Lipinski definition) is 1. The molecule has 1 nitrogen and oxygen atoms in total. The zero-order valence-electron chi connectivity index (χ0n) is 11.3. The maximum absolute atomic E-state index is 3.78. The molecule has 0 aliphatic heterocycles. The van der Waals surface area contributed by atoms with Gasteiger partial charge in [-0.25, -0.2) is 0 Å². The highest BCUT2D eigenvalue weighted by atomic mass is 79.9. The second kappa shape index (κ2) is 7.66. The number of rotatable bonds is 5. The van der Waals surface area contributed by atoms with E-state index in [1.165, 1.54) is 60.2 Å². The van der Waals surface area contributed by atoms with Crippen molar-refractivity contribution in [3.8, 4) is 0 Å². The maximum atomic E-state index is 3.78. The summed E-state index contributed by atoms with van der Waals surface area (Å²) in [5.41, 5.74) is 0. The Bertz CT molecular complexity index is 350. The molecule has 0 spiro atoms. The number of halogens is 1. The molecule has 102 valence electrons. The van der Waals surface area contributed by atoms with Gasteiger partial charge in [-0.2, -0.15) is 0 Å². The Morgan fingerprint density at radius 1 is 1.28 bits per heavy atom. The van der Waals surface area contributed by atoms with Gasteiger partial charge < -0.3 is 5.32 Å². The predicted octanol–water partition coefficient (Wildman–Crippen LogP) is 5.00. The van der Waals surface area contributed by atoms with Crippen molar-refractivity contribution in [2.24, 2.45) is 5.92 Å². The van der Waals surface area contributed by atoms with Gasteiger partial charge in [-0.15, -0.1) is 11.3 Å². The molecule has 1 fully saturated rings. The Hall–Kier alpha value is 0.140. The summed E-state index contributed by atoms with van der Waals surface area (Å²) >= 11 is 5.48. The molecule has 0 saturated heterocycles. The maximum Gasteiger partial charge on any atom is 0.0701 e. The molecule has 1 aromatic heterocycles. The molecule has 2 atom stereocenters. The standard InChI is InChI=1S/C15H24BrNS/c1-2-10-17-14-7-5-3-4-6-12(14)11-13-8-9-15(16)18-13/h8-9,12,14,17H,2-7,10-11H2,1H3. The smallest absolute Gasteiger partial charge is 0.0701 e. The van der Waals surface area contributed by atoms with E-state index in [1.807, 2.05) is 11.3 Å². The zero-order valence-corrected chi connectivity index (χ0v) is 13.7. The number of thiophene rings is 1. The van der Waals surface area contributed by atoms with Crippen LogP contribution >= 0.6 is 27.3 Å². The SMILES string of the molecule is CCCNC1CCCCCC1Cc1ccc(Br)s1. The van der Waals surface area contributed by atoms with Gasteiger partial charge in [-0.3, -0.25) is 0 Å². The Kier molecular flexibility index (Phi) is 6.19. The molecule has 0 radical (unpaired) electrons. The van der Waals surface area contributed by atoms with Gasteiger partial charge in [0.05, 0.1) is 3.79 Å². The summed E-state index contributed by atoms with van der Waals surface area (Å²) in [6.07, 6.45) is 9.53. The van der Waals surface area contributed by atoms with Crippen molar-refractivity contribution in [2.45, 2.75) is 57.9 Å². The Balaban J connectivity index is 1.96. The van der Waals surface area contributed by atoms with Crippen LogP contribution in [0.25, 0.3) is 0 Å². The predicted molar refractivity (Wildman–Crippen MR) is 84.4 cm³/mol. The second-order valence-electron chi connectivity index (χ2n) is 5.37. The van der Waals surface area contributed by atoms with Crippen LogP contribution in [-0.4, -0.2) is 12.6 Å². The van der Waals surface area contributed by atoms with Gasteiger partial charge in [0.2, 0.25) is 0 Å². The average Bonchev–Trinajstić information content (AvgIpc) is 2.64. The molecule has 1 saturated carbocycles. The summed E-state index contributed by atoms with van der Waals surface area (Å²) in [7, 11) is 0. The van der Waals surface area contributed by atoms with Crippen LogP contribution in [-0.2, 0) is 6.42 Å². The molecule has 18 heavy (non-hydrogen) atoms. The summed E-state index contributed by atoms with van der Waals surface area (Å²) in [5.74, 6) is 0.838. The van der Waals surface area contributed by atoms with Crippen LogP contribution in [0.2, 0.25) is 0 Å². The first kappa shape index (κ1) is 14.5. The van der Waals surface area contributed by atoms with Crippen molar-refractivity contribution in [2.75, 3.05) is 6.54 Å². The van der Waals surface area contributed by atoms with E-state index >= 15 is 0 Å². The van der Waals surface area contributed by atoms with Gasteiger partial charge in [0, 0.05) is 10.9 Å². The molecule has 1 N–H and O–H groups in total. The topological polar surface area (TPSA) is 12.0 Å². The summed E-state index contributed by atoms with van der Waals surface area (Å²) in [6.45, 7) is 3.43. The highest BCUT2D eigenvalue weighted by Gasteiger charge is 2.23. The highest BCUT2D eigenvalue weighted by molar-refractivity contribution is 9.11. The quantitative estimate of drug-likeness (QED) is 0.749. The first-order valence-corrected chi connectivity index (χ1v) is 8.88. The third kappa shape index (κ3) is 4.36. The van der Waals surface area contributed by atoms with Crippen molar-refractivity contribution in [3.05, 3.63) is 20.8 Å². The van der Waals surface area contributed by atoms with E-state index in [-0.39, 0.29) is 0 Å². The summed E-state index contributed by atoms with van der Waals surface area (Å²) in [5, 5.41) is 3.78. The first-order chi connectivity index (χ1) is 8.79. The Labute approximate surface area is 123 Å². The molecule has 1 aromatic rings. The minimum atomic E-state index is 0.744. The van der Waals surface area contributed by atoms with Gasteiger partial charge in [-0.1, -0.05) is 26.2 Å². The molecule has 0 amide bonds. The van der Waals surface area contributed by atoms with Crippen LogP contribution in [0.5, 0.6) is 0 Å². The lowest BCUT2D eigenvalue weighted by Gasteiger charge is -2.26. The van der Waals surface area contributed by atoms with E-state index in [4.69, 9.17) is 0 Å². The lowest BCUT2D eigenvalue weighted by Crippen LogP contribution is -2.36. The lowest BCUT2D eigenvalue weighted by atomic mass is 9.91. The molecule has 1 heterocycles.